The maximum absolute atomic E-state index is 10.2. The van der Waals surface area contributed by atoms with Crippen LogP contribution in [0.15, 0.2) is 35.4 Å². The van der Waals surface area contributed by atoms with Gasteiger partial charge in [-0.25, -0.2) is 0 Å². The largest absolute Gasteiger partial charge is 0.486 e. The molecular formula is C13H15N3O2S. The smallest absolute Gasteiger partial charge is 0.134 e. The lowest BCUT2D eigenvalue weighted by atomic mass is 10.1. The van der Waals surface area contributed by atoms with Gasteiger partial charge in [0.1, 0.15) is 11.9 Å². The van der Waals surface area contributed by atoms with Crippen molar-refractivity contribution in [1.82, 2.24) is 15.0 Å². The number of aliphatic hydroxyl groups is 1. The molecule has 0 amide bonds. The van der Waals surface area contributed by atoms with E-state index in [-0.39, 0.29) is 6.10 Å². The van der Waals surface area contributed by atoms with Crippen molar-refractivity contribution in [3.8, 4) is 5.75 Å². The Balaban J connectivity index is 1.67. The summed E-state index contributed by atoms with van der Waals surface area (Å²) < 4.78 is 7.48. The van der Waals surface area contributed by atoms with E-state index < -0.39 is 6.10 Å². The summed E-state index contributed by atoms with van der Waals surface area (Å²) in [6.45, 7) is 0. The van der Waals surface area contributed by atoms with E-state index in [1.54, 1.807) is 16.4 Å². The average molecular weight is 277 g/mol. The highest BCUT2D eigenvalue weighted by atomic mass is 32.2. The Bertz CT molecular complexity index is 573. The van der Waals surface area contributed by atoms with E-state index in [1.165, 1.54) is 0 Å². The third-order valence-electron chi connectivity index (χ3n) is 3.03. The number of hydrogen-bond acceptors (Lipinski definition) is 5. The third kappa shape index (κ3) is 2.74. The van der Waals surface area contributed by atoms with Crippen LogP contribution < -0.4 is 4.74 Å². The van der Waals surface area contributed by atoms with Crippen molar-refractivity contribution < 1.29 is 9.84 Å². The molecule has 0 bridgehead atoms. The topological polar surface area (TPSA) is 60.2 Å². The molecule has 2 unspecified atom stereocenters. The molecule has 0 saturated heterocycles. The highest BCUT2D eigenvalue weighted by Crippen LogP contribution is 2.35. The van der Waals surface area contributed by atoms with E-state index in [4.69, 9.17) is 4.74 Å². The maximum Gasteiger partial charge on any atom is 0.134 e. The molecule has 3 rings (SSSR count). The number of hydrogen-bond donors (Lipinski definition) is 1. The average Bonchev–Trinajstić information content (AvgIpc) is 2.83. The van der Waals surface area contributed by atoms with E-state index in [0.29, 0.717) is 6.42 Å². The molecule has 0 radical (unpaired) electrons. The van der Waals surface area contributed by atoms with Gasteiger partial charge in [0, 0.05) is 30.3 Å². The Morgan fingerprint density at radius 3 is 3.16 bits per heavy atom. The Morgan fingerprint density at radius 1 is 1.53 bits per heavy atom. The second-order valence-corrected chi connectivity index (χ2v) is 5.63. The van der Waals surface area contributed by atoms with Crippen molar-refractivity contribution in [1.29, 1.82) is 0 Å². The fourth-order valence-corrected chi connectivity index (χ4v) is 3.13. The van der Waals surface area contributed by atoms with Crippen molar-refractivity contribution in [2.45, 2.75) is 23.5 Å². The van der Waals surface area contributed by atoms with E-state index in [1.807, 2.05) is 37.5 Å². The molecule has 19 heavy (non-hydrogen) atoms. The lowest BCUT2D eigenvalue weighted by Gasteiger charge is -2.28. The van der Waals surface area contributed by atoms with Crippen molar-refractivity contribution in [3.05, 3.63) is 36.2 Å². The number of rotatable bonds is 3. The Labute approximate surface area is 115 Å². The summed E-state index contributed by atoms with van der Waals surface area (Å²) in [6, 6.07) is 7.90. The first kappa shape index (κ1) is 12.5. The van der Waals surface area contributed by atoms with Crippen LogP contribution in [0.3, 0.4) is 0 Å². The molecule has 1 aromatic carbocycles. The Hall–Kier alpha value is -1.53. The second kappa shape index (κ2) is 5.22. The fraction of sp³-hybridized carbons (Fsp3) is 0.385. The molecule has 1 aromatic heterocycles. The summed E-state index contributed by atoms with van der Waals surface area (Å²) in [5.74, 6) is 1.60. The molecule has 0 spiro atoms. The molecule has 2 atom stereocenters. The number of aryl methyl sites for hydroxylation is 1. The van der Waals surface area contributed by atoms with Gasteiger partial charge in [-0.2, -0.15) is 0 Å². The van der Waals surface area contributed by atoms with Gasteiger partial charge in [0.25, 0.3) is 0 Å². The predicted octanol–water partition coefficient (Wildman–Crippen LogP) is 1.27. The zero-order valence-electron chi connectivity index (χ0n) is 10.6. The summed E-state index contributed by atoms with van der Waals surface area (Å²) >= 11 is 1.71. The highest BCUT2D eigenvalue weighted by Gasteiger charge is 2.27. The lowest BCUT2D eigenvalue weighted by Crippen LogP contribution is -2.37. The number of aliphatic hydroxyl groups excluding tert-OH is 1. The van der Waals surface area contributed by atoms with Crippen molar-refractivity contribution in [3.63, 3.8) is 0 Å². The van der Waals surface area contributed by atoms with Crippen LogP contribution in [0.5, 0.6) is 5.75 Å². The standard InChI is InChI=1S/C13H15N3O2S/c1-16-7-9(14-15-16)6-10(17)12-8-19-13-5-3-2-4-11(13)18-12/h2-5,7,10,12,17H,6,8H2,1H3. The molecule has 5 nitrogen and oxygen atoms in total. The second-order valence-electron chi connectivity index (χ2n) is 4.57. The van der Waals surface area contributed by atoms with Gasteiger partial charge in [-0.3, -0.25) is 4.68 Å². The number of thioether (sulfide) groups is 1. The molecule has 1 aliphatic heterocycles. The van der Waals surface area contributed by atoms with E-state index in [0.717, 1.165) is 22.1 Å². The van der Waals surface area contributed by atoms with E-state index in [2.05, 4.69) is 10.3 Å². The zero-order valence-corrected chi connectivity index (χ0v) is 11.4. The monoisotopic (exact) mass is 277 g/mol. The van der Waals surface area contributed by atoms with Crippen LogP contribution in [0.4, 0.5) is 0 Å². The maximum atomic E-state index is 10.2. The number of ether oxygens (including phenoxy) is 1. The molecule has 2 heterocycles. The van der Waals surface area contributed by atoms with Crippen LogP contribution >= 0.6 is 11.8 Å². The minimum Gasteiger partial charge on any atom is -0.486 e. The van der Waals surface area contributed by atoms with Crippen LogP contribution in [-0.4, -0.2) is 38.1 Å². The Kier molecular flexibility index (Phi) is 3.44. The first-order chi connectivity index (χ1) is 9.22. The van der Waals surface area contributed by atoms with Gasteiger partial charge in [-0.1, -0.05) is 17.3 Å². The van der Waals surface area contributed by atoms with E-state index in [9.17, 15) is 5.11 Å². The number of benzene rings is 1. The summed E-state index contributed by atoms with van der Waals surface area (Å²) in [5.41, 5.74) is 0.780. The third-order valence-corrected chi connectivity index (χ3v) is 4.17. The van der Waals surface area contributed by atoms with Gasteiger partial charge >= 0.3 is 0 Å². The minimum atomic E-state index is -0.572. The van der Waals surface area contributed by atoms with Crippen molar-refractivity contribution in [2.75, 3.05) is 5.75 Å². The van der Waals surface area contributed by atoms with Crippen LogP contribution in [0.1, 0.15) is 5.69 Å². The van der Waals surface area contributed by atoms with Crippen LogP contribution in [0, 0.1) is 0 Å². The first-order valence-electron chi connectivity index (χ1n) is 6.14. The van der Waals surface area contributed by atoms with Gasteiger partial charge in [-0.05, 0) is 12.1 Å². The molecule has 0 saturated carbocycles. The molecule has 2 aromatic rings. The van der Waals surface area contributed by atoms with Gasteiger partial charge in [0.2, 0.25) is 0 Å². The summed E-state index contributed by atoms with van der Waals surface area (Å²) in [5, 5.41) is 18.1. The normalized spacial score (nSPS) is 19.6. The number of nitrogens with zero attached hydrogens (tertiary/aromatic N) is 3. The quantitative estimate of drug-likeness (QED) is 0.915. The van der Waals surface area contributed by atoms with Crippen LogP contribution in [-0.2, 0) is 13.5 Å². The van der Waals surface area contributed by atoms with Gasteiger partial charge < -0.3 is 9.84 Å². The van der Waals surface area contributed by atoms with Crippen LogP contribution in [0.25, 0.3) is 0 Å². The van der Waals surface area contributed by atoms with Crippen LogP contribution in [0.2, 0.25) is 0 Å². The van der Waals surface area contributed by atoms with Gasteiger partial charge in [0.05, 0.1) is 11.8 Å². The lowest BCUT2D eigenvalue weighted by molar-refractivity contribution is 0.0462. The summed E-state index contributed by atoms with van der Waals surface area (Å²) in [7, 11) is 1.81. The fourth-order valence-electron chi connectivity index (χ4n) is 2.06. The molecule has 0 aliphatic carbocycles. The molecule has 1 aliphatic rings. The predicted molar refractivity (Wildman–Crippen MR) is 72.3 cm³/mol. The first-order valence-corrected chi connectivity index (χ1v) is 7.12. The van der Waals surface area contributed by atoms with E-state index >= 15 is 0 Å². The van der Waals surface area contributed by atoms with Gasteiger partial charge in [-0.15, -0.1) is 16.9 Å². The van der Waals surface area contributed by atoms with Gasteiger partial charge in [0.15, 0.2) is 0 Å². The Morgan fingerprint density at radius 2 is 2.37 bits per heavy atom. The molecule has 1 N–H and O–H groups in total. The van der Waals surface area contributed by atoms with Crippen molar-refractivity contribution >= 4 is 11.8 Å². The molecule has 6 heteroatoms. The zero-order chi connectivity index (χ0) is 13.2. The minimum absolute atomic E-state index is 0.207. The number of para-hydroxylation sites is 1. The SMILES string of the molecule is Cn1cc(CC(O)C2CSc3ccccc3O2)nn1. The summed E-state index contributed by atoms with van der Waals surface area (Å²) in [4.78, 5) is 1.13. The number of fused-ring (bicyclic) bond motifs is 1. The summed E-state index contributed by atoms with van der Waals surface area (Å²) in [6.07, 6.45) is 1.49. The van der Waals surface area contributed by atoms with Crippen molar-refractivity contribution in [2.24, 2.45) is 7.05 Å². The molecular weight excluding hydrogens is 262 g/mol. The highest BCUT2D eigenvalue weighted by molar-refractivity contribution is 7.99. The molecule has 0 fully saturated rings. The molecule has 100 valence electrons. The number of aromatic nitrogens is 3.